The quantitative estimate of drug-likeness (QED) is 0.297. The van der Waals surface area contributed by atoms with Crippen molar-refractivity contribution in [1.29, 1.82) is 0 Å². The zero-order valence-electron chi connectivity index (χ0n) is 18.0. The normalized spacial score (nSPS) is 32.9. The van der Waals surface area contributed by atoms with Gasteiger partial charge in [-0.3, -0.25) is 4.79 Å². The maximum Gasteiger partial charge on any atom is 0.305 e. The Morgan fingerprint density at radius 2 is 1.97 bits per heavy atom. The highest BCUT2D eigenvalue weighted by Gasteiger charge is 2.55. The van der Waals surface area contributed by atoms with Gasteiger partial charge in [-0.2, -0.15) is 0 Å². The van der Waals surface area contributed by atoms with Gasteiger partial charge in [0.1, 0.15) is 0 Å². The number of ether oxygens (including phenoxy) is 1. The molecular weight excluding hydrogens is 392 g/mol. The summed E-state index contributed by atoms with van der Waals surface area (Å²) in [6.07, 6.45) is 8.48. The fourth-order valence-electron chi connectivity index (χ4n) is 4.90. The topological polar surface area (TPSA) is 101 Å². The fourth-order valence-corrected chi connectivity index (χ4v) is 7.63. The molecule has 2 N–H and O–H groups in total. The van der Waals surface area contributed by atoms with Gasteiger partial charge in [-0.05, 0) is 43.9 Å². The summed E-state index contributed by atoms with van der Waals surface area (Å²) in [7, 11) is -1.92. The number of sulfone groups is 1. The molecule has 2 aliphatic rings. The van der Waals surface area contributed by atoms with Crippen LogP contribution in [-0.2, 0) is 19.4 Å². The van der Waals surface area contributed by atoms with Gasteiger partial charge in [0.2, 0.25) is 0 Å². The number of aliphatic hydroxyl groups is 2. The highest BCUT2D eigenvalue weighted by atomic mass is 32.2. The van der Waals surface area contributed by atoms with Crippen molar-refractivity contribution in [3.8, 4) is 0 Å². The average molecular weight is 431 g/mol. The Labute approximate surface area is 175 Å². The molecule has 0 aromatic rings. The summed E-state index contributed by atoms with van der Waals surface area (Å²) in [6, 6.07) is 0. The molecule has 1 saturated heterocycles. The van der Waals surface area contributed by atoms with Gasteiger partial charge in [-0.1, -0.05) is 45.3 Å². The van der Waals surface area contributed by atoms with E-state index in [4.69, 9.17) is 0 Å². The van der Waals surface area contributed by atoms with Crippen LogP contribution in [0.15, 0.2) is 12.2 Å². The van der Waals surface area contributed by atoms with Crippen molar-refractivity contribution in [2.75, 3.05) is 7.11 Å². The van der Waals surface area contributed by atoms with E-state index in [-0.39, 0.29) is 30.1 Å². The molecule has 6 nitrogen and oxygen atoms in total. The van der Waals surface area contributed by atoms with Gasteiger partial charge >= 0.3 is 5.97 Å². The lowest BCUT2D eigenvalue weighted by Crippen LogP contribution is -2.24. The van der Waals surface area contributed by atoms with Crippen LogP contribution in [0.3, 0.4) is 0 Å². The van der Waals surface area contributed by atoms with E-state index in [2.05, 4.69) is 11.7 Å². The third kappa shape index (κ3) is 6.05. The highest BCUT2D eigenvalue weighted by Crippen LogP contribution is 2.48. The predicted octanol–water partition coefficient (Wildman–Crippen LogP) is 3.02. The van der Waals surface area contributed by atoms with Gasteiger partial charge in [0.25, 0.3) is 0 Å². The molecule has 0 aromatic heterocycles. The van der Waals surface area contributed by atoms with Crippen LogP contribution in [0.4, 0.5) is 0 Å². The molecule has 1 unspecified atom stereocenters. The van der Waals surface area contributed by atoms with E-state index in [1.165, 1.54) is 7.11 Å². The lowest BCUT2D eigenvalue weighted by atomic mass is 9.88. The van der Waals surface area contributed by atoms with Crippen molar-refractivity contribution < 1.29 is 28.2 Å². The number of carbonyl (C=O) groups is 1. The number of aliphatic hydroxyl groups excluding tert-OH is 2. The molecule has 1 heterocycles. The summed E-state index contributed by atoms with van der Waals surface area (Å²) in [5.74, 6) is -0.426. The van der Waals surface area contributed by atoms with Crippen LogP contribution in [0.5, 0.6) is 0 Å². The van der Waals surface area contributed by atoms with Crippen LogP contribution in [0.25, 0.3) is 0 Å². The summed E-state index contributed by atoms with van der Waals surface area (Å²) < 4.78 is 30.5. The molecule has 168 valence electrons. The minimum Gasteiger partial charge on any atom is -0.469 e. The van der Waals surface area contributed by atoms with E-state index in [0.29, 0.717) is 32.1 Å². The summed E-state index contributed by atoms with van der Waals surface area (Å²) >= 11 is 0. The summed E-state index contributed by atoms with van der Waals surface area (Å²) in [6.45, 7) is 4.14. The fraction of sp³-hybridized carbons (Fsp3) is 0.864. The Balaban J connectivity index is 1.95. The first-order valence-electron chi connectivity index (χ1n) is 11.1. The molecule has 1 saturated carbocycles. The largest absolute Gasteiger partial charge is 0.469 e. The van der Waals surface area contributed by atoms with Gasteiger partial charge in [0, 0.05) is 12.3 Å². The molecule has 2 fully saturated rings. The van der Waals surface area contributed by atoms with E-state index < -0.39 is 32.5 Å². The van der Waals surface area contributed by atoms with Gasteiger partial charge in [-0.15, -0.1) is 0 Å². The molecular formula is C22H38O6S. The van der Waals surface area contributed by atoms with Gasteiger partial charge < -0.3 is 14.9 Å². The van der Waals surface area contributed by atoms with Crippen LogP contribution >= 0.6 is 0 Å². The zero-order chi connectivity index (χ0) is 21.6. The number of carbonyl (C=O) groups excluding carboxylic acids is 1. The zero-order valence-corrected chi connectivity index (χ0v) is 18.8. The third-order valence-electron chi connectivity index (χ3n) is 6.82. The van der Waals surface area contributed by atoms with Crippen molar-refractivity contribution in [2.24, 2.45) is 17.8 Å². The second kappa shape index (κ2) is 10.9. The number of hydrogen-bond donors (Lipinski definition) is 2. The van der Waals surface area contributed by atoms with Crippen molar-refractivity contribution >= 4 is 15.8 Å². The van der Waals surface area contributed by atoms with Crippen LogP contribution in [0, 0.1) is 17.8 Å². The van der Waals surface area contributed by atoms with Gasteiger partial charge in [0.15, 0.2) is 9.84 Å². The monoisotopic (exact) mass is 430 g/mol. The molecule has 0 aromatic carbocycles. The molecule has 0 amide bonds. The van der Waals surface area contributed by atoms with Crippen molar-refractivity contribution in [3.63, 3.8) is 0 Å². The maximum atomic E-state index is 12.9. The minimum absolute atomic E-state index is 0.0880. The third-order valence-corrected chi connectivity index (χ3v) is 9.57. The molecule has 0 radical (unpaired) electrons. The van der Waals surface area contributed by atoms with E-state index in [1.54, 1.807) is 6.08 Å². The number of hydrogen-bond acceptors (Lipinski definition) is 6. The molecule has 7 heteroatoms. The first kappa shape index (κ1) is 24.4. The lowest BCUT2D eigenvalue weighted by Gasteiger charge is -2.20. The second-order valence-corrected chi connectivity index (χ2v) is 11.3. The van der Waals surface area contributed by atoms with Crippen molar-refractivity contribution in [1.82, 2.24) is 0 Å². The number of methoxy groups -OCH3 is 1. The predicted molar refractivity (Wildman–Crippen MR) is 113 cm³/mol. The smallest absolute Gasteiger partial charge is 0.305 e. The first-order chi connectivity index (χ1) is 13.7. The Morgan fingerprint density at radius 1 is 1.24 bits per heavy atom. The van der Waals surface area contributed by atoms with E-state index in [1.807, 2.05) is 13.0 Å². The minimum atomic E-state index is -3.28. The van der Waals surface area contributed by atoms with Gasteiger partial charge in [-0.25, -0.2) is 8.42 Å². The molecule has 7 atom stereocenters. The number of unbranched alkanes of at least 4 members (excludes halogenated alkanes) is 2. The first-order valence-corrected chi connectivity index (χ1v) is 12.7. The summed E-state index contributed by atoms with van der Waals surface area (Å²) in [5, 5.41) is 19.9. The molecule has 29 heavy (non-hydrogen) atoms. The molecule has 2 rings (SSSR count). The molecule has 1 aliphatic carbocycles. The van der Waals surface area contributed by atoms with Crippen LogP contribution in [0.2, 0.25) is 0 Å². The Kier molecular flexibility index (Phi) is 9.16. The standard InChI is InChI=1S/C22H38O6S/c1-4-5-8-15(2)19(23)12-11-17-18-13-16(9-6-7-10-22(25)28-3)29(26,27)21(18)14-20(17)24/h11-12,15-21,23-24H,4-10,13-14H2,1-3H3/t15-,16?,17-,18-,19-,20-,21-/m1/s1. The second-order valence-electron chi connectivity index (χ2n) is 8.85. The van der Waals surface area contributed by atoms with Crippen molar-refractivity contribution in [2.45, 2.75) is 94.3 Å². The Morgan fingerprint density at radius 3 is 2.62 bits per heavy atom. The average Bonchev–Trinajstić information content (AvgIpc) is 3.13. The van der Waals surface area contributed by atoms with Crippen LogP contribution in [0.1, 0.15) is 71.6 Å². The highest BCUT2D eigenvalue weighted by molar-refractivity contribution is 7.93. The molecule has 0 bridgehead atoms. The Bertz CT molecular complexity index is 658. The van der Waals surface area contributed by atoms with E-state index >= 15 is 0 Å². The number of esters is 1. The lowest BCUT2D eigenvalue weighted by molar-refractivity contribution is -0.140. The maximum absolute atomic E-state index is 12.9. The summed E-state index contributed by atoms with van der Waals surface area (Å²) in [5.41, 5.74) is 0. The van der Waals surface area contributed by atoms with Gasteiger partial charge in [0.05, 0.1) is 29.8 Å². The SMILES string of the molecule is CCCC[C@@H](C)[C@H](O)C=C[C@@H]1[C@H]2CC(CCCCC(=O)OC)S(=O)(=O)[C@@H]2C[C@H]1O. The van der Waals surface area contributed by atoms with Crippen molar-refractivity contribution in [3.05, 3.63) is 12.2 Å². The molecule has 1 aliphatic heterocycles. The van der Waals surface area contributed by atoms with E-state index in [9.17, 15) is 23.4 Å². The summed E-state index contributed by atoms with van der Waals surface area (Å²) in [4.78, 5) is 11.2. The van der Waals surface area contributed by atoms with Crippen LogP contribution < -0.4 is 0 Å². The molecule has 0 spiro atoms. The number of fused-ring (bicyclic) bond motifs is 1. The number of rotatable bonds is 11. The Hall–Kier alpha value is -0.920. The van der Waals surface area contributed by atoms with E-state index in [0.717, 1.165) is 19.3 Å². The van der Waals surface area contributed by atoms with Crippen LogP contribution in [-0.4, -0.2) is 54.4 Å².